The van der Waals surface area contributed by atoms with Gasteiger partial charge in [0.25, 0.3) is 0 Å². The van der Waals surface area contributed by atoms with Crippen LogP contribution in [-0.4, -0.2) is 9.97 Å². The van der Waals surface area contributed by atoms with Gasteiger partial charge in [0, 0.05) is 6.07 Å². The van der Waals surface area contributed by atoms with Crippen LogP contribution in [0.15, 0.2) is 24.3 Å². The summed E-state index contributed by atoms with van der Waals surface area (Å²) in [7, 11) is 0. The summed E-state index contributed by atoms with van der Waals surface area (Å²) in [6.07, 6.45) is -4.72. The van der Waals surface area contributed by atoms with E-state index in [1.807, 2.05) is 0 Å². The van der Waals surface area contributed by atoms with Crippen molar-refractivity contribution in [1.29, 1.82) is 0 Å². The third-order valence-corrected chi connectivity index (χ3v) is 2.56. The fourth-order valence-corrected chi connectivity index (χ4v) is 1.61. The van der Waals surface area contributed by atoms with Gasteiger partial charge in [-0.15, -0.1) is 0 Å². The summed E-state index contributed by atoms with van der Waals surface area (Å²) in [6.45, 7) is 0. The van der Waals surface area contributed by atoms with Gasteiger partial charge in [-0.25, -0.2) is 9.37 Å². The van der Waals surface area contributed by atoms with Crippen LogP contribution in [0.4, 0.5) is 17.6 Å². The normalized spacial score (nSPS) is 11.5. The highest BCUT2D eigenvalue weighted by molar-refractivity contribution is 6.30. The molecule has 0 spiro atoms. The molecule has 0 unspecified atom stereocenters. The first-order valence-corrected chi connectivity index (χ1v) is 5.76. The molecular weight excluding hydrogens is 323 g/mol. The second kappa shape index (κ2) is 5.41. The Morgan fingerprint density at radius 1 is 1.10 bits per heavy atom. The molecule has 0 fully saturated rings. The molecule has 0 aliphatic carbocycles. The average Bonchev–Trinajstić information content (AvgIpc) is 2.33. The largest absolute Gasteiger partial charge is 0.436 e. The number of aromatic nitrogens is 2. The van der Waals surface area contributed by atoms with E-state index in [1.54, 1.807) is 0 Å². The highest BCUT2D eigenvalue weighted by atomic mass is 35.5. The number of hydrogen-bond donors (Lipinski definition) is 0. The summed E-state index contributed by atoms with van der Waals surface area (Å²) in [4.78, 5) is 6.45. The van der Waals surface area contributed by atoms with E-state index in [0.29, 0.717) is 6.07 Å². The number of benzene rings is 1. The summed E-state index contributed by atoms with van der Waals surface area (Å²) in [6, 6.07) is 4.32. The quantitative estimate of drug-likeness (QED) is 0.591. The Labute approximate surface area is 120 Å². The van der Waals surface area contributed by atoms with Gasteiger partial charge in [0.2, 0.25) is 11.2 Å². The fourth-order valence-electron chi connectivity index (χ4n) is 1.27. The molecule has 0 atom stereocenters. The minimum absolute atomic E-state index is 0.237. The molecule has 106 valence electrons. The first-order valence-electron chi connectivity index (χ1n) is 5.01. The van der Waals surface area contributed by atoms with Crippen molar-refractivity contribution < 1.29 is 22.3 Å². The molecule has 3 nitrogen and oxygen atoms in total. The molecule has 0 bridgehead atoms. The number of halogens is 6. The standard InChI is InChI=1S/C11H4Cl2F4N2O/c12-5-2-1-3-6(9(5)14)20-8-4-7(11(15,16)17)18-10(13)19-8/h1-4H. The predicted octanol–water partition coefficient (Wildman–Crippen LogP) is 4.73. The molecule has 1 heterocycles. The van der Waals surface area contributed by atoms with E-state index in [1.165, 1.54) is 18.2 Å². The SMILES string of the molecule is Fc1c(Cl)cccc1Oc1cc(C(F)(F)F)nc(Cl)n1. The Balaban J connectivity index is 2.39. The van der Waals surface area contributed by atoms with Crippen molar-refractivity contribution in [2.24, 2.45) is 0 Å². The first-order chi connectivity index (χ1) is 9.27. The van der Waals surface area contributed by atoms with Crippen LogP contribution >= 0.6 is 23.2 Å². The van der Waals surface area contributed by atoms with Crippen molar-refractivity contribution in [3.63, 3.8) is 0 Å². The Morgan fingerprint density at radius 2 is 1.80 bits per heavy atom. The van der Waals surface area contributed by atoms with Gasteiger partial charge in [-0.2, -0.15) is 18.2 Å². The molecule has 2 aromatic rings. The Hall–Kier alpha value is -1.60. The molecule has 0 amide bonds. The van der Waals surface area contributed by atoms with Crippen LogP contribution in [0.2, 0.25) is 10.3 Å². The number of hydrogen-bond acceptors (Lipinski definition) is 3. The Kier molecular flexibility index (Phi) is 4.01. The zero-order valence-corrected chi connectivity index (χ0v) is 10.9. The molecule has 20 heavy (non-hydrogen) atoms. The van der Waals surface area contributed by atoms with Gasteiger partial charge in [-0.3, -0.25) is 0 Å². The molecular formula is C11H4Cl2F4N2O. The minimum Gasteiger partial charge on any atom is -0.436 e. The summed E-state index contributed by atoms with van der Waals surface area (Å²) in [5.41, 5.74) is -1.30. The van der Waals surface area contributed by atoms with Crippen LogP contribution < -0.4 is 4.74 Å². The summed E-state index contributed by atoms with van der Waals surface area (Å²) >= 11 is 10.9. The number of nitrogens with zero attached hydrogens (tertiary/aromatic N) is 2. The molecule has 0 N–H and O–H groups in total. The van der Waals surface area contributed by atoms with E-state index >= 15 is 0 Å². The van der Waals surface area contributed by atoms with Crippen molar-refractivity contribution in [3.8, 4) is 11.6 Å². The second-order valence-corrected chi connectivity index (χ2v) is 4.26. The van der Waals surface area contributed by atoms with Gasteiger partial charge in [0.05, 0.1) is 5.02 Å². The summed E-state index contributed by atoms with van der Waals surface area (Å²) in [5.74, 6) is -1.84. The molecule has 1 aromatic heterocycles. The Morgan fingerprint density at radius 3 is 2.45 bits per heavy atom. The van der Waals surface area contributed by atoms with Gasteiger partial charge < -0.3 is 4.74 Å². The molecule has 1 aromatic carbocycles. The highest BCUT2D eigenvalue weighted by Crippen LogP contribution is 2.33. The lowest BCUT2D eigenvalue weighted by molar-refractivity contribution is -0.141. The van der Waals surface area contributed by atoms with Crippen molar-refractivity contribution in [1.82, 2.24) is 9.97 Å². The lowest BCUT2D eigenvalue weighted by Gasteiger charge is -2.10. The molecule has 0 saturated carbocycles. The van der Waals surface area contributed by atoms with Gasteiger partial charge in [-0.1, -0.05) is 17.7 Å². The maximum Gasteiger partial charge on any atom is 0.433 e. The van der Waals surface area contributed by atoms with Crippen molar-refractivity contribution in [3.05, 3.63) is 46.1 Å². The van der Waals surface area contributed by atoms with Crippen molar-refractivity contribution >= 4 is 23.2 Å². The van der Waals surface area contributed by atoms with E-state index in [4.69, 9.17) is 27.9 Å². The van der Waals surface area contributed by atoms with Crippen LogP contribution in [0.1, 0.15) is 5.69 Å². The minimum atomic E-state index is -4.72. The van der Waals surface area contributed by atoms with Crippen molar-refractivity contribution in [2.75, 3.05) is 0 Å². The van der Waals surface area contributed by atoms with E-state index in [-0.39, 0.29) is 10.8 Å². The monoisotopic (exact) mass is 326 g/mol. The summed E-state index contributed by atoms with van der Waals surface area (Å²) < 4.78 is 56.1. The maximum absolute atomic E-state index is 13.6. The first kappa shape index (κ1) is 14.8. The van der Waals surface area contributed by atoms with E-state index in [9.17, 15) is 17.6 Å². The highest BCUT2D eigenvalue weighted by Gasteiger charge is 2.34. The topological polar surface area (TPSA) is 35.0 Å². The van der Waals surface area contributed by atoms with Crippen LogP contribution in [0.25, 0.3) is 0 Å². The summed E-state index contributed by atoms with van der Waals surface area (Å²) in [5, 5.41) is -0.907. The molecule has 9 heteroatoms. The van der Waals surface area contributed by atoms with E-state index in [0.717, 1.165) is 0 Å². The number of ether oxygens (including phenoxy) is 1. The molecule has 0 radical (unpaired) electrons. The lowest BCUT2D eigenvalue weighted by atomic mass is 10.3. The molecule has 2 rings (SSSR count). The van der Waals surface area contributed by atoms with Gasteiger partial charge in [0.1, 0.15) is 0 Å². The molecule has 0 aliphatic heterocycles. The average molecular weight is 327 g/mol. The van der Waals surface area contributed by atoms with Crippen LogP contribution in [0.3, 0.4) is 0 Å². The van der Waals surface area contributed by atoms with Gasteiger partial charge in [0.15, 0.2) is 17.3 Å². The zero-order chi connectivity index (χ0) is 14.9. The number of rotatable bonds is 2. The van der Waals surface area contributed by atoms with Crippen LogP contribution in [0.5, 0.6) is 11.6 Å². The zero-order valence-electron chi connectivity index (χ0n) is 9.38. The number of alkyl halides is 3. The van der Waals surface area contributed by atoms with Crippen LogP contribution in [0, 0.1) is 5.82 Å². The predicted molar refractivity (Wildman–Crippen MR) is 63.5 cm³/mol. The fraction of sp³-hybridized carbons (Fsp3) is 0.0909. The molecule has 0 aliphatic rings. The molecule has 0 saturated heterocycles. The van der Waals surface area contributed by atoms with Crippen molar-refractivity contribution in [2.45, 2.75) is 6.18 Å². The Bertz CT molecular complexity index is 649. The van der Waals surface area contributed by atoms with Gasteiger partial charge in [-0.05, 0) is 23.7 Å². The third kappa shape index (κ3) is 3.29. The van der Waals surface area contributed by atoms with E-state index < -0.39 is 28.9 Å². The lowest BCUT2D eigenvalue weighted by Crippen LogP contribution is -2.09. The third-order valence-electron chi connectivity index (χ3n) is 2.10. The van der Waals surface area contributed by atoms with Gasteiger partial charge >= 0.3 is 6.18 Å². The smallest absolute Gasteiger partial charge is 0.433 e. The second-order valence-electron chi connectivity index (χ2n) is 3.51. The van der Waals surface area contributed by atoms with E-state index in [2.05, 4.69) is 9.97 Å². The van der Waals surface area contributed by atoms with Crippen LogP contribution in [-0.2, 0) is 6.18 Å². The maximum atomic E-state index is 13.6.